The van der Waals surface area contributed by atoms with Crippen molar-refractivity contribution in [1.82, 2.24) is 0 Å². The van der Waals surface area contributed by atoms with E-state index in [4.69, 9.17) is 16.4 Å². The Morgan fingerprint density at radius 1 is 1.04 bits per heavy atom. The van der Waals surface area contributed by atoms with Crippen LogP contribution in [0.3, 0.4) is 0 Å². The highest BCUT2D eigenvalue weighted by atomic mass is 79.9. The van der Waals surface area contributed by atoms with Crippen molar-refractivity contribution in [3.05, 3.63) is 57.1 Å². The molecule has 9 heteroatoms. The van der Waals surface area contributed by atoms with Crippen LogP contribution in [-0.4, -0.2) is 20.0 Å². The van der Waals surface area contributed by atoms with Crippen LogP contribution in [-0.2, 0) is 9.33 Å². The van der Waals surface area contributed by atoms with Crippen molar-refractivity contribution >= 4 is 53.2 Å². The number of rotatable bonds is 2. The predicted octanol–water partition coefficient (Wildman–Crippen LogP) is 2.67. The number of ketones is 2. The molecule has 1 aliphatic carbocycles. The summed E-state index contributed by atoms with van der Waals surface area (Å²) in [7, 11) is 0.689. The molecule has 0 radical (unpaired) electrons. The minimum atomic E-state index is -4.36. The minimum Gasteiger partial charge on any atom is -0.395 e. The van der Waals surface area contributed by atoms with Crippen LogP contribution in [0.5, 0.6) is 5.75 Å². The lowest BCUT2D eigenvalue weighted by Crippen LogP contribution is -2.23. The Morgan fingerprint density at radius 2 is 1.57 bits per heavy atom. The number of nitrogens with two attached hydrogens (primary N) is 1. The van der Waals surface area contributed by atoms with Crippen molar-refractivity contribution < 1.29 is 22.2 Å². The number of hydrogen-bond acceptors (Lipinski definition) is 6. The number of nitrogen functional groups attached to an aromatic ring is 1. The largest absolute Gasteiger partial charge is 0.401 e. The molecular weight excluding hydrogens is 410 g/mol. The van der Waals surface area contributed by atoms with Crippen molar-refractivity contribution in [2.75, 3.05) is 5.73 Å². The van der Waals surface area contributed by atoms with E-state index in [2.05, 4.69) is 20.1 Å². The first-order chi connectivity index (χ1) is 10.7. The average Bonchev–Trinajstić information content (AvgIpc) is 2.46. The molecule has 0 saturated heterocycles. The summed E-state index contributed by atoms with van der Waals surface area (Å²) in [6.07, 6.45) is 0. The Labute approximate surface area is 143 Å². The maximum atomic E-state index is 12.7. The van der Waals surface area contributed by atoms with Gasteiger partial charge in [0.1, 0.15) is 0 Å². The van der Waals surface area contributed by atoms with Gasteiger partial charge >= 0.3 is 9.33 Å². The van der Waals surface area contributed by atoms with E-state index in [9.17, 15) is 18.0 Å². The maximum Gasteiger partial charge on any atom is 0.401 e. The van der Waals surface area contributed by atoms with Gasteiger partial charge in [-0.15, -0.1) is 0 Å². The van der Waals surface area contributed by atoms with Gasteiger partial charge in [-0.1, -0.05) is 24.3 Å². The molecule has 0 saturated carbocycles. The molecule has 3 rings (SSSR count). The molecule has 0 aliphatic heterocycles. The third-order valence-electron chi connectivity index (χ3n) is 3.34. The molecule has 0 unspecified atom stereocenters. The van der Waals surface area contributed by atoms with Gasteiger partial charge in [-0.3, -0.25) is 9.59 Å². The summed E-state index contributed by atoms with van der Waals surface area (Å²) in [5, 5.41) is 0. The summed E-state index contributed by atoms with van der Waals surface area (Å²) in [6.45, 7) is 0. The zero-order chi connectivity index (χ0) is 16.9. The second kappa shape index (κ2) is 5.33. The highest BCUT2D eigenvalue weighted by Gasteiger charge is 2.34. The lowest BCUT2D eigenvalue weighted by Gasteiger charge is -2.21. The Kier molecular flexibility index (Phi) is 3.70. The van der Waals surface area contributed by atoms with Gasteiger partial charge in [-0.2, -0.15) is 8.42 Å². The van der Waals surface area contributed by atoms with Crippen molar-refractivity contribution in [2.24, 2.45) is 0 Å². The van der Waals surface area contributed by atoms with E-state index in [-0.39, 0.29) is 38.2 Å². The van der Waals surface area contributed by atoms with Crippen LogP contribution in [0.25, 0.3) is 0 Å². The SMILES string of the molecule is Nc1c(OS(=O)(=O)Cl)cc(Br)c2c1C(=O)c1ccccc1C2=O. The van der Waals surface area contributed by atoms with Gasteiger partial charge < -0.3 is 9.92 Å². The molecule has 23 heavy (non-hydrogen) atoms. The number of anilines is 1. The Morgan fingerprint density at radius 3 is 2.09 bits per heavy atom. The molecule has 0 fully saturated rings. The molecule has 0 spiro atoms. The van der Waals surface area contributed by atoms with Crippen LogP contribution in [0.2, 0.25) is 0 Å². The molecule has 1 aliphatic rings. The molecular formula is C14H7BrClNO5S. The first kappa shape index (κ1) is 16.0. The van der Waals surface area contributed by atoms with Gasteiger partial charge in [0.2, 0.25) is 0 Å². The third-order valence-corrected chi connectivity index (χ3v) is 4.53. The fourth-order valence-electron chi connectivity index (χ4n) is 2.42. The lowest BCUT2D eigenvalue weighted by molar-refractivity contribution is 0.0979. The normalized spacial score (nSPS) is 13.5. The van der Waals surface area contributed by atoms with E-state index in [1.807, 2.05) is 0 Å². The van der Waals surface area contributed by atoms with Crippen LogP contribution < -0.4 is 9.92 Å². The monoisotopic (exact) mass is 415 g/mol. The van der Waals surface area contributed by atoms with E-state index in [0.29, 0.717) is 0 Å². The third kappa shape index (κ3) is 2.62. The van der Waals surface area contributed by atoms with Gasteiger partial charge in [0.25, 0.3) is 0 Å². The van der Waals surface area contributed by atoms with Gasteiger partial charge in [-0.05, 0) is 22.0 Å². The van der Waals surface area contributed by atoms with E-state index in [0.717, 1.165) is 0 Å². The highest BCUT2D eigenvalue weighted by Crippen LogP contribution is 2.40. The Hall–Kier alpha value is -1.90. The molecule has 0 heterocycles. The molecule has 2 aromatic rings. The van der Waals surface area contributed by atoms with E-state index in [1.165, 1.54) is 18.2 Å². The summed E-state index contributed by atoms with van der Waals surface area (Å²) < 4.78 is 26.9. The predicted molar refractivity (Wildman–Crippen MR) is 87.3 cm³/mol. The first-order valence-electron chi connectivity index (χ1n) is 6.15. The molecule has 0 bridgehead atoms. The Bertz CT molecular complexity index is 987. The smallest absolute Gasteiger partial charge is 0.395 e. The van der Waals surface area contributed by atoms with Crippen LogP contribution in [0, 0.1) is 0 Å². The van der Waals surface area contributed by atoms with Crippen LogP contribution >= 0.6 is 26.6 Å². The van der Waals surface area contributed by atoms with Gasteiger partial charge in [0.05, 0.1) is 27.5 Å². The van der Waals surface area contributed by atoms with Crippen LogP contribution in [0.4, 0.5) is 5.69 Å². The van der Waals surface area contributed by atoms with Crippen molar-refractivity contribution in [3.63, 3.8) is 0 Å². The van der Waals surface area contributed by atoms with E-state index < -0.39 is 20.9 Å². The van der Waals surface area contributed by atoms with Crippen molar-refractivity contribution in [3.8, 4) is 5.75 Å². The second-order valence-electron chi connectivity index (χ2n) is 4.70. The standard InChI is InChI=1S/C14H7BrClNO5S/c15-8-5-9(22-23(16,20)21)12(17)11-10(8)13(18)6-3-1-2-4-7(6)14(11)19/h1-5H,17H2. The molecule has 0 atom stereocenters. The topological polar surface area (TPSA) is 104 Å². The first-order valence-corrected chi connectivity index (χ1v) is 9.18. The summed E-state index contributed by atoms with van der Waals surface area (Å²) >= 11 is 3.15. The summed E-state index contributed by atoms with van der Waals surface area (Å²) in [4.78, 5) is 25.3. The average molecular weight is 417 g/mol. The molecule has 0 amide bonds. The van der Waals surface area contributed by atoms with Gasteiger partial charge in [0.15, 0.2) is 17.3 Å². The van der Waals surface area contributed by atoms with Crippen molar-refractivity contribution in [1.29, 1.82) is 0 Å². The number of fused-ring (bicyclic) bond motifs is 2. The zero-order valence-corrected chi connectivity index (χ0v) is 14.3. The van der Waals surface area contributed by atoms with E-state index >= 15 is 0 Å². The minimum absolute atomic E-state index is 0.0607. The summed E-state index contributed by atoms with van der Waals surface area (Å²) in [5.41, 5.74) is 5.98. The number of hydrogen-bond donors (Lipinski definition) is 1. The van der Waals surface area contributed by atoms with Gasteiger partial charge in [0, 0.05) is 15.6 Å². The van der Waals surface area contributed by atoms with Crippen molar-refractivity contribution in [2.45, 2.75) is 0 Å². The molecule has 6 nitrogen and oxygen atoms in total. The summed E-state index contributed by atoms with van der Waals surface area (Å²) in [5.74, 6) is -1.22. The summed E-state index contributed by atoms with van der Waals surface area (Å²) in [6, 6.07) is 7.48. The molecule has 118 valence electrons. The second-order valence-corrected chi connectivity index (χ2v) is 7.64. The molecule has 2 N–H and O–H groups in total. The van der Waals surface area contributed by atoms with Crippen LogP contribution in [0.1, 0.15) is 31.8 Å². The Balaban J connectivity index is 2.31. The quantitative estimate of drug-likeness (QED) is 0.509. The number of halogens is 2. The molecule has 0 aromatic heterocycles. The number of benzene rings is 2. The fraction of sp³-hybridized carbons (Fsp3) is 0. The maximum absolute atomic E-state index is 12.7. The van der Waals surface area contributed by atoms with E-state index in [1.54, 1.807) is 12.1 Å². The fourth-order valence-corrected chi connectivity index (χ4v) is 3.57. The number of carbonyl (C=O) groups is 2. The van der Waals surface area contributed by atoms with Gasteiger partial charge in [-0.25, -0.2) is 0 Å². The lowest BCUT2D eigenvalue weighted by atomic mass is 9.83. The molecule has 2 aromatic carbocycles. The highest BCUT2D eigenvalue weighted by molar-refractivity contribution is 9.10. The zero-order valence-electron chi connectivity index (χ0n) is 11.2. The van der Waals surface area contributed by atoms with Crippen LogP contribution in [0.15, 0.2) is 34.8 Å². The number of carbonyl (C=O) groups excluding carboxylic acids is 2.